The highest BCUT2D eigenvalue weighted by atomic mass is 32.1. The first-order chi connectivity index (χ1) is 7.90. The lowest BCUT2D eigenvalue weighted by molar-refractivity contribution is 0.0921. The summed E-state index contributed by atoms with van der Waals surface area (Å²) in [5, 5.41) is 2.83. The number of hydrogen-bond donors (Lipinski definition) is 2. The van der Waals surface area contributed by atoms with Gasteiger partial charge >= 0.3 is 0 Å². The molecule has 0 aliphatic rings. The lowest BCUT2D eigenvalue weighted by Gasteiger charge is -2.28. The maximum atomic E-state index is 12.1. The standard InChI is InChI=1S/C12H17N3OS/c1-4-12(3,11(13)17)15-10(16)9-8(2)6-5-7-14-9/h5-7H,4H2,1-3H3,(H2,13,17)(H,15,16). The Bertz CT molecular complexity index is 447. The quantitative estimate of drug-likeness (QED) is 0.797. The van der Waals surface area contributed by atoms with Crippen LogP contribution in [-0.4, -0.2) is 21.4 Å². The molecule has 92 valence electrons. The van der Waals surface area contributed by atoms with Gasteiger partial charge in [-0.25, -0.2) is 0 Å². The van der Waals surface area contributed by atoms with Crippen molar-refractivity contribution in [2.45, 2.75) is 32.7 Å². The summed E-state index contributed by atoms with van der Waals surface area (Å²) < 4.78 is 0. The molecule has 1 aromatic rings. The van der Waals surface area contributed by atoms with Crippen LogP contribution in [0, 0.1) is 6.92 Å². The van der Waals surface area contributed by atoms with Gasteiger partial charge in [0.1, 0.15) is 5.69 Å². The van der Waals surface area contributed by atoms with E-state index in [9.17, 15) is 4.79 Å². The Labute approximate surface area is 107 Å². The molecule has 0 fully saturated rings. The summed E-state index contributed by atoms with van der Waals surface area (Å²) in [5.74, 6) is -0.250. The Morgan fingerprint density at radius 3 is 2.76 bits per heavy atom. The average Bonchev–Trinajstić information content (AvgIpc) is 2.29. The third-order valence-corrected chi connectivity index (χ3v) is 3.32. The van der Waals surface area contributed by atoms with E-state index >= 15 is 0 Å². The number of hydrogen-bond acceptors (Lipinski definition) is 3. The van der Waals surface area contributed by atoms with Gasteiger partial charge in [0.25, 0.3) is 5.91 Å². The summed E-state index contributed by atoms with van der Waals surface area (Å²) in [6.45, 7) is 5.57. The molecule has 0 saturated heterocycles. The summed E-state index contributed by atoms with van der Waals surface area (Å²) in [6.07, 6.45) is 2.23. The van der Waals surface area contributed by atoms with Crippen molar-refractivity contribution in [3.8, 4) is 0 Å². The predicted molar refractivity (Wildman–Crippen MR) is 71.9 cm³/mol. The molecule has 5 heteroatoms. The number of nitrogens with zero attached hydrogens (tertiary/aromatic N) is 1. The third-order valence-electron chi connectivity index (χ3n) is 2.86. The van der Waals surface area contributed by atoms with Crippen LogP contribution in [-0.2, 0) is 0 Å². The first kappa shape index (κ1) is 13.6. The number of nitrogens with one attached hydrogen (secondary N) is 1. The van der Waals surface area contributed by atoms with Crippen LogP contribution in [0.4, 0.5) is 0 Å². The van der Waals surface area contributed by atoms with Crippen LogP contribution >= 0.6 is 12.2 Å². The van der Waals surface area contributed by atoms with Crippen molar-refractivity contribution in [1.82, 2.24) is 10.3 Å². The number of nitrogens with two attached hydrogens (primary N) is 1. The van der Waals surface area contributed by atoms with Gasteiger partial charge in [-0.1, -0.05) is 25.2 Å². The molecular formula is C12H17N3OS. The molecule has 0 aliphatic heterocycles. The van der Waals surface area contributed by atoms with E-state index in [2.05, 4.69) is 10.3 Å². The predicted octanol–water partition coefficient (Wildman–Crippen LogP) is 1.57. The number of thiocarbonyl (C=S) groups is 1. The van der Waals surface area contributed by atoms with Crippen molar-refractivity contribution >= 4 is 23.1 Å². The van der Waals surface area contributed by atoms with Crippen molar-refractivity contribution in [2.75, 3.05) is 0 Å². The molecule has 0 radical (unpaired) electrons. The number of aromatic nitrogens is 1. The molecule has 0 spiro atoms. The largest absolute Gasteiger partial charge is 0.391 e. The number of carbonyl (C=O) groups is 1. The maximum absolute atomic E-state index is 12.1. The highest BCUT2D eigenvalue weighted by molar-refractivity contribution is 7.80. The topological polar surface area (TPSA) is 68.0 Å². The van der Waals surface area contributed by atoms with Gasteiger partial charge in [0, 0.05) is 6.20 Å². The normalized spacial score (nSPS) is 13.8. The fourth-order valence-electron chi connectivity index (χ4n) is 1.36. The SMILES string of the molecule is CCC(C)(NC(=O)c1ncccc1C)C(N)=S. The minimum absolute atomic E-state index is 0.250. The molecule has 0 saturated carbocycles. The summed E-state index contributed by atoms with van der Waals surface area (Å²) in [4.78, 5) is 16.4. The molecule has 1 rings (SSSR count). The van der Waals surface area contributed by atoms with E-state index in [-0.39, 0.29) is 10.9 Å². The van der Waals surface area contributed by atoms with Gasteiger partial charge in [0.2, 0.25) is 0 Å². The van der Waals surface area contributed by atoms with Crippen LogP contribution in [0.3, 0.4) is 0 Å². The van der Waals surface area contributed by atoms with E-state index in [4.69, 9.17) is 18.0 Å². The second-order valence-corrected chi connectivity index (χ2v) is 4.61. The van der Waals surface area contributed by atoms with E-state index in [1.54, 1.807) is 12.3 Å². The molecule has 1 unspecified atom stereocenters. The average molecular weight is 251 g/mol. The van der Waals surface area contributed by atoms with Crippen molar-refractivity contribution < 1.29 is 4.79 Å². The Balaban J connectivity index is 2.93. The van der Waals surface area contributed by atoms with Crippen molar-refractivity contribution in [3.05, 3.63) is 29.6 Å². The number of aryl methyl sites for hydroxylation is 1. The highest BCUT2D eigenvalue weighted by Gasteiger charge is 2.28. The maximum Gasteiger partial charge on any atom is 0.270 e. The van der Waals surface area contributed by atoms with Crippen LogP contribution in [0.5, 0.6) is 0 Å². The number of carbonyl (C=O) groups excluding carboxylic acids is 1. The highest BCUT2D eigenvalue weighted by Crippen LogP contribution is 2.12. The van der Waals surface area contributed by atoms with Crippen LogP contribution in [0.25, 0.3) is 0 Å². The van der Waals surface area contributed by atoms with E-state index in [1.165, 1.54) is 0 Å². The van der Waals surface area contributed by atoms with Gasteiger partial charge in [-0.15, -0.1) is 0 Å². The summed E-state index contributed by atoms with van der Waals surface area (Å²) in [6, 6.07) is 3.63. The number of amides is 1. The fraction of sp³-hybridized carbons (Fsp3) is 0.417. The van der Waals surface area contributed by atoms with Crippen molar-refractivity contribution in [3.63, 3.8) is 0 Å². The van der Waals surface area contributed by atoms with Crippen LogP contribution in [0.15, 0.2) is 18.3 Å². The van der Waals surface area contributed by atoms with Crippen molar-refractivity contribution in [1.29, 1.82) is 0 Å². The zero-order valence-electron chi connectivity index (χ0n) is 10.3. The van der Waals surface area contributed by atoms with Crippen LogP contribution in [0.1, 0.15) is 36.3 Å². The molecule has 0 bridgehead atoms. The molecular weight excluding hydrogens is 234 g/mol. The third kappa shape index (κ3) is 3.00. The molecule has 1 atom stereocenters. The first-order valence-corrected chi connectivity index (χ1v) is 5.85. The molecule has 4 nitrogen and oxygen atoms in total. The number of pyridine rings is 1. The van der Waals surface area contributed by atoms with Gasteiger partial charge in [0.05, 0.1) is 10.5 Å². The molecule has 3 N–H and O–H groups in total. The second kappa shape index (κ2) is 5.23. The molecule has 0 aliphatic carbocycles. The lowest BCUT2D eigenvalue weighted by Crippen LogP contribution is -2.54. The first-order valence-electron chi connectivity index (χ1n) is 5.44. The zero-order chi connectivity index (χ0) is 13.1. The van der Waals surface area contributed by atoms with Gasteiger partial charge in [-0.3, -0.25) is 9.78 Å². The minimum Gasteiger partial charge on any atom is -0.391 e. The Kier molecular flexibility index (Phi) is 4.17. The lowest BCUT2D eigenvalue weighted by atomic mass is 9.98. The van der Waals surface area contributed by atoms with Crippen molar-refractivity contribution in [2.24, 2.45) is 5.73 Å². The van der Waals surface area contributed by atoms with Gasteiger partial charge in [-0.2, -0.15) is 0 Å². The smallest absolute Gasteiger partial charge is 0.270 e. The second-order valence-electron chi connectivity index (χ2n) is 4.17. The monoisotopic (exact) mass is 251 g/mol. The van der Waals surface area contributed by atoms with Gasteiger partial charge < -0.3 is 11.1 Å². The number of rotatable bonds is 4. The van der Waals surface area contributed by atoms with Gasteiger partial charge in [0.15, 0.2) is 0 Å². The molecule has 17 heavy (non-hydrogen) atoms. The van der Waals surface area contributed by atoms with Crippen LogP contribution in [0.2, 0.25) is 0 Å². The van der Waals surface area contributed by atoms with Crippen LogP contribution < -0.4 is 11.1 Å². The minimum atomic E-state index is -0.670. The molecule has 0 aromatic carbocycles. The van der Waals surface area contributed by atoms with E-state index in [1.807, 2.05) is 26.8 Å². The molecule has 1 aromatic heterocycles. The summed E-state index contributed by atoms with van der Waals surface area (Å²) in [5.41, 5.74) is 6.20. The Hall–Kier alpha value is -1.49. The Morgan fingerprint density at radius 1 is 1.65 bits per heavy atom. The van der Waals surface area contributed by atoms with E-state index < -0.39 is 5.54 Å². The summed E-state index contributed by atoms with van der Waals surface area (Å²) >= 11 is 4.97. The van der Waals surface area contributed by atoms with E-state index in [0.29, 0.717) is 12.1 Å². The van der Waals surface area contributed by atoms with Gasteiger partial charge in [-0.05, 0) is 31.9 Å². The summed E-state index contributed by atoms with van der Waals surface area (Å²) in [7, 11) is 0. The molecule has 1 heterocycles. The Morgan fingerprint density at radius 2 is 2.29 bits per heavy atom. The zero-order valence-corrected chi connectivity index (χ0v) is 11.1. The van der Waals surface area contributed by atoms with E-state index in [0.717, 1.165) is 5.56 Å². The molecule has 1 amide bonds. The fourth-order valence-corrected chi connectivity index (χ4v) is 1.55.